The number of methoxy groups -OCH3 is 1. The molecule has 0 amide bonds. The van der Waals surface area contributed by atoms with Crippen molar-refractivity contribution < 1.29 is 14.3 Å². The number of esters is 1. The first-order valence-corrected chi connectivity index (χ1v) is 8.92. The summed E-state index contributed by atoms with van der Waals surface area (Å²) in [4.78, 5) is 24.3. The van der Waals surface area contributed by atoms with Crippen molar-refractivity contribution in [2.75, 3.05) is 44.7 Å². The van der Waals surface area contributed by atoms with E-state index in [0.717, 1.165) is 44.1 Å². The number of hydrogen-bond acceptors (Lipinski definition) is 7. The highest BCUT2D eigenvalue weighted by Gasteiger charge is 2.16. The highest BCUT2D eigenvalue weighted by Crippen LogP contribution is 2.28. The number of nitrogens with zero attached hydrogens (tertiary/aromatic N) is 4. The van der Waals surface area contributed by atoms with Crippen LogP contribution < -0.4 is 14.4 Å². The van der Waals surface area contributed by atoms with Gasteiger partial charge in [-0.1, -0.05) is 18.2 Å². The molecule has 3 rings (SSSR count). The number of hydrogen-bond donors (Lipinski definition) is 0. The lowest BCUT2D eigenvalue weighted by molar-refractivity contribution is -0.132. The molecule has 0 saturated carbocycles. The number of ether oxygens (including phenoxy) is 2. The third-order valence-corrected chi connectivity index (χ3v) is 4.36. The Kier molecular flexibility index (Phi) is 6.38. The Hall–Kier alpha value is -2.93. The van der Waals surface area contributed by atoms with E-state index in [-0.39, 0.29) is 5.97 Å². The first-order valence-electron chi connectivity index (χ1n) is 8.92. The van der Waals surface area contributed by atoms with E-state index in [9.17, 15) is 4.79 Å². The third-order valence-electron chi connectivity index (χ3n) is 4.36. The molecule has 1 aromatic carbocycles. The summed E-state index contributed by atoms with van der Waals surface area (Å²) in [7, 11) is 1.56. The number of benzene rings is 1. The molecule has 27 heavy (non-hydrogen) atoms. The lowest BCUT2D eigenvalue weighted by Gasteiger charge is -2.34. The van der Waals surface area contributed by atoms with Crippen LogP contribution in [0.15, 0.2) is 42.9 Å². The van der Waals surface area contributed by atoms with E-state index in [1.807, 2.05) is 18.3 Å². The molecule has 2 aromatic rings. The van der Waals surface area contributed by atoms with Gasteiger partial charge in [-0.2, -0.15) is 0 Å². The zero-order valence-electron chi connectivity index (χ0n) is 15.7. The zero-order valence-corrected chi connectivity index (χ0v) is 15.7. The van der Waals surface area contributed by atoms with Crippen molar-refractivity contribution in [1.82, 2.24) is 14.9 Å². The monoisotopic (exact) mass is 368 g/mol. The molecule has 7 nitrogen and oxygen atoms in total. The number of carbonyl (C=O) groups is 1. The number of carbonyl (C=O) groups excluding carboxylic acids is 1. The first-order chi connectivity index (χ1) is 13.2. The summed E-state index contributed by atoms with van der Waals surface area (Å²) in [6.07, 6.45) is 9.42. The molecule has 0 atom stereocenters. The Balaban J connectivity index is 1.52. The van der Waals surface area contributed by atoms with E-state index < -0.39 is 0 Å². The van der Waals surface area contributed by atoms with Gasteiger partial charge in [-0.3, -0.25) is 14.7 Å². The number of aromatic nitrogens is 2. The minimum atomic E-state index is -0.364. The first kappa shape index (κ1) is 18.8. The summed E-state index contributed by atoms with van der Waals surface area (Å²) in [5, 5.41) is 0. The lowest BCUT2D eigenvalue weighted by atomic mass is 10.2. The molecule has 1 aromatic heterocycles. The molecule has 1 aliphatic heterocycles. The molecular weight excluding hydrogens is 344 g/mol. The largest absolute Gasteiger partial charge is 0.493 e. The number of piperazine rings is 1. The average Bonchev–Trinajstić information content (AvgIpc) is 2.70. The van der Waals surface area contributed by atoms with Crippen molar-refractivity contribution in [1.29, 1.82) is 0 Å². The Bertz CT molecular complexity index is 787. The Morgan fingerprint density at radius 3 is 2.67 bits per heavy atom. The average molecular weight is 368 g/mol. The normalized spacial score (nSPS) is 15.1. The van der Waals surface area contributed by atoms with Crippen molar-refractivity contribution in [3.63, 3.8) is 0 Å². The van der Waals surface area contributed by atoms with Crippen LogP contribution in [0, 0.1) is 0 Å². The lowest BCUT2D eigenvalue weighted by Crippen LogP contribution is -2.46. The van der Waals surface area contributed by atoms with Crippen LogP contribution in [0.2, 0.25) is 0 Å². The van der Waals surface area contributed by atoms with Crippen LogP contribution in [0.25, 0.3) is 6.08 Å². The van der Waals surface area contributed by atoms with Gasteiger partial charge >= 0.3 is 5.97 Å². The van der Waals surface area contributed by atoms with Gasteiger partial charge in [0, 0.05) is 52.0 Å². The second-order valence-corrected chi connectivity index (χ2v) is 6.26. The third kappa shape index (κ3) is 5.27. The molecule has 0 unspecified atom stereocenters. The minimum Gasteiger partial charge on any atom is -0.493 e. The standard InChI is InChI=1S/C20H24N4O3/c1-16(25)27-18-6-5-17(14-19(18)26-2)4-3-9-23-10-12-24(13-11-23)20-15-21-7-8-22-20/h3-8,14-15H,9-13H2,1-2H3/b4-3-. The van der Waals surface area contributed by atoms with Gasteiger partial charge in [-0.15, -0.1) is 0 Å². The van der Waals surface area contributed by atoms with Crippen molar-refractivity contribution in [3.8, 4) is 11.5 Å². The number of rotatable bonds is 6. The van der Waals surface area contributed by atoms with Crippen LogP contribution >= 0.6 is 0 Å². The summed E-state index contributed by atoms with van der Waals surface area (Å²) in [5.74, 6) is 1.55. The summed E-state index contributed by atoms with van der Waals surface area (Å²) in [6, 6.07) is 5.52. The second kappa shape index (κ2) is 9.14. The smallest absolute Gasteiger partial charge is 0.308 e. The fourth-order valence-electron chi connectivity index (χ4n) is 2.98. The maximum Gasteiger partial charge on any atom is 0.308 e. The van der Waals surface area contributed by atoms with E-state index in [1.54, 1.807) is 25.6 Å². The molecule has 142 valence electrons. The van der Waals surface area contributed by atoms with E-state index in [2.05, 4.69) is 31.9 Å². The molecule has 1 aliphatic rings. The van der Waals surface area contributed by atoms with E-state index in [4.69, 9.17) is 9.47 Å². The maximum atomic E-state index is 11.1. The molecule has 0 radical (unpaired) electrons. The SMILES string of the molecule is COc1cc(/C=C\CN2CCN(c3cnccn3)CC2)ccc1OC(C)=O. The van der Waals surface area contributed by atoms with Gasteiger partial charge in [0.15, 0.2) is 11.5 Å². The molecule has 0 N–H and O–H groups in total. The van der Waals surface area contributed by atoms with Gasteiger partial charge in [0.25, 0.3) is 0 Å². The second-order valence-electron chi connectivity index (χ2n) is 6.26. The summed E-state index contributed by atoms with van der Waals surface area (Å²) >= 11 is 0. The van der Waals surface area contributed by atoms with Crippen LogP contribution in [0.5, 0.6) is 11.5 Å². The van der Waals surface area contributed by atoms with Crippen molar-refractivity contribution in [2.24, 2.45) is 0 Å². The molecule has 7 heteroatoms. The van der Waals surface area contributed by atoms with Crippen molar-refractivity contribution in [2.45, 2.75) is 6.92 Å². The molecule has 2 heterocycles. The van der Waals surface area contributed by atoms with Crippen LogP contribution in [0.4, 0.5) is 5.82 Å². The molecule has 1 saturated heterocycles. The predicted octanol–water partition coefficient (Wildman–Crippen LogP) is 2.25. The number of anilines is 1. The van der Waals surface area contributed by atoms with Crippen LogP contribution in [-0.2, 0) is 4.79 Å². The Morgan fingerprint density at radius 1 is 1.19 bits per heavy atom. The fourth-order valence-corrected chi connectivity index (χ4v) is 2.98. The van der Waals surface area contributed by atoms with Crippen molar-refractivity contribution >= 4 is 17.9 Å². The Morgan fingerprint density at radius 2 is 2.00 bits per heavy atom. The fraction of sp³-hybridized carbons (Fsp3) is 0.350. The highest BCUT2D eigenvalue weighted by atomic mass is 16.6. The highest BCUT2D eigenvalue weighted by molar-refractivity contribution is 5.71. The molecule has 0 spiro atoms. The van der Waals surface area contributed by atoms with Gasteiger partial charge in [0.2, 0.25) is 0 Å². The van der Waals surface area contributed by atoms with Gasteiger partial charge in [0.05, 0.1) is 13.3 Å². The quantitative estimate of drug-likeness (QED) is 0.572. The van der Waals surface area contributed by atoms with Crippen LogP contribution in [0.1, 0.15) is 12.5 Å². The van der Waals surface area contributed by atoms with Crippen molar-refractivity contribution in [3.05, 3.63) is 48.4 Å². The van der Waals surface area contributed by atoms with Crippen LogP contribution in [0.3, 0.4) is 0 Å². The summed E-state index contributed by atoms with van der Waals surface area (Å²) in [5.41, 5.74) is 1.00. The zero-order chi connectivity index (χ0) is 19.1. The van der Waals surface area contributed by atoms with Gasteiger partial charge in [-0.25, -0.2) is 4.98 Å². The van der Waals surface area contributed by atoms with Gasteiger partial charge < -0.3 is 14.4 Å². The molecule has 0 aliphatic carbocycles. The maximum absolute atomic E-state index is 11.1. The van der Waals surface area contributed by atoms with Gasteiger partial charge in [0.1, 0.15) is 5.82 Å². The van der Waals surface area contributed by atoms with Gasteiger partial charge in [-0.05, 0) is 17.7 Å². The summed E-state index contributed by atoms with van der Waals surface area (Å²) in [6.45, 7) is 6.10. The van der Waals surface area contributed by atoms with E-state index in [1.165, 1.54) is 6.92 Å². The molecule has 0 bridgehead atoms. The molecular formula is C20H24N4O3. The Labute approximate surface area is 159 Å². The van der Waals surface area contributed by atoms with E-state index in [0.29, 0.717) is 11.5 Å². The minimum absolute atomic E-state index is 0.364. The topological polar surface area (TPSA) is 67.8 Å². The van der Waals surface area contributed by atoms with Crippen LogP contribution in [-0.4, -0.2) is 60.7 Å². The predicted molar refractivity (Wildman–Crippen MR) is 104 cm³/mol. The molecule has 1 fully saturated rings. The summed E-state index contributed by atoms with van der Waals surface area (Å²) < 4.78 is 10.4. The van der Waals surface area contributed by atoms with E-state index >= 15 is 0 Å².